The molecule has 1 aliphatic heterocycles. The molecule has 0 aliphatic carbocycles. The van der Waals surface area contributed by atoms with E-state index >= 15 is 0 Å². The summed E-state index contributed by atoms with van der Waals surface area (Å²) >= 11 is 0. The number of rotatable bonds is 7. The summed E-state index contributed by atoms with van der Waals surface area (Å²) in [6.07, 6.45) is 0.0390. The van der Waals surface area contributed by atoms with Crippen LogP contribution in [0.25, 0.3) is 0 Å². The van der Waals surface area contributed by atoms with Gasteiger partial charge in [0.1, 0.15) is 0 Å². The molecule has 4 N–H and O–H groups in total. The van der Waals surface area contributed by atoms with Crippen LogP contribution in [-0.2, 0) is 14.4 Å². The molecule has 1 rings (SSSR count). The van der Waals surface area contributed by atoms with E-state index < -0.39 is 12.0 Å². The zero-order valence-electron chi connectivity index (χ0n) is 12.4. The molecule has 0 bridgehead atoms. The highest BCUT2D eigenvalue weighted by molar-refractivity contribution is 5.82. The average molecular weight is 300 g/mol. The van der Waals surface area contributed by atoms with Crippen LogP contribution in [0, 0.1) is 0 Å². The molecule has 0 saturated carbocycles. The Kier molecular flexibility index (Phi) is 7.10. The Morgan fingerprint density at radius 2 is 1.86 bits per heavy atom. The molecule has 0 aromatic rings. The molecule has 2 amide bonds. The first kappa shape index (κ1) is 17.4. The van der Waals surface area contributed by atoms with E-state index in [-0.39, 0.29) is 24.7 Å². The number of nitrogens with one attached hydrogen (secondary N) is 1. The van der Waals surface area contributed by atoms with Crippen molar-refractivity contribution in [3.63, 3.8) is 0 Å². The minimum atomic E-state index is -0.954. The normalized spacial score (nSPS) is 17.3. The van der Waals surface area contributed by atoms with Crippen molar-refractivity contribution in [1.82, 2.24) is 15.1 Å². The van der Waals surface area contributed by atoms with Gasteiger partial charge >= 0.3 is 5.97 Å². The van der Waals surface area contributed by atoms with Crippen LogP contribution in [0.2, 0.25) is 0 Å². The summed E-state index contributed by atoms with van der Waals surface area (Å²) in [5.74, 6) is -1.19. The summed E-state index contributed by atoms with van der Waals surface area (Å²) in [5, 5.41) is 11.3. The van der Waals surface area contributed by atoms with Crippen LogP contribution in [0.1, 0.15) is 19.8 Å². The molecule has 1 fully saturated rings. The molecule has 1 heterocycles. The lowest BCUT2D eigenvalue weighted by atomic mass is 10.1. The van der Waals surface area contributed by atoms with Gasteiger partial charge in [0, 0.05) is 39.1 Å². The summed E-state index contributed by atoms with van der Waals surface area (Å²) in [6, 6.07) is -0.768. The zero-order chi connectivity index (χ0) is 15.8. The fraction of sp³-hybridized carbons (Fsp3) is 0.769. The summed E-state index contributed by atoms with van der Waals surface area (Å²) in [5.41, 5.74) is 5.72. The van der Waals surface area contributed by atoms with Gasteiger partial charge in [-0.2, -0.15) is 0 Å². The standard InChI is InChI=1S/C13H24N4O4/c1-2-15-11(18)9-16-5-7-17(8-6-16)13(21)10(14)3-4-12(19)20/h10H,2-9,14H2,1H3,(H,15,18)(H,19,20). The van der Waals surface area contributed by atoms with E-state index in [9.17, 15) is 14.4 Å². The number of likely N-dealkylation sites (N-methyl/N-ethyl adjacent to an activating group) is 1. The van der Waals surface area contributed by atoms with Crippen LogP contribution in [0.5, 0.6) is 0 Å². The van der Waals surface area contributed by atoms with Gasteiger partial charge in [0.2, 0.25) is 11.8 Å². The minimum Gasteiger partial charge on any atom is -0.481 e. The van der Waals surface area contributed by atoms with Crippen LogP contribution < -0.4 is 11.1 Å². The Morgan fingerprint density at radius 1 is 1.24 bits per heavy atom. The lowest BCUT2D eigenvalue weighted by molar-refractivity contribution is -0.138. The van der Waals surface area contributed by atoms with E-state index in [1.807, 2.05) is 11.8 Å². The number of hydrogen-bond acceptors (Lipinski definition) is 5. The number of amides is 2. The molecule has 120 valence electrons. The average Bonchev–Trinajstić information content (AvgIpc) is 2.45. The molecule has 1 aliphatic rings. The Morgan fingerprint density at radius 3 is 2.38 bits per heavy atom. The monoisotopic (exact) mass is 300 g/mol. The second kappa shape index (κ2) is 8.58. The first-order valence-electron chi connectivity index (χ1n) is 7.19. The number of nitrogens with zero attached hydrogens (tertiary/aromatic N) is 2. The Labute approximate surface area is 124 Å². The van der Waals surface area contributed by atoms with Crippen molar-refractivity contribution in [3.8, 4) is 0 Å². The molecule has 0 spiro atoms. The van der Waals surface area contributed by atoms with Crippen LogP contribution in [0.15, 0.2) is 0 Å². The van der Waals surface area contributed by atoms with Crippen LogP contribution in [-0.4, -0.2) is 78.0 Å². The van der Waals surface area contributed by atoms with Gasteiger partial charge in [-0.1, -0.05) is 0 Å². The Hall–Kier alpha value is -1.67. The van der Waals surface area contributed by atoms with E-state index in [1.165, 1.54) is 0 Å². The molecule has 0 radical (unpaired) electrons. The molecule has 1 unspecified atom stereocenters. The smallest absolute Gasteiger partial charge is 0.303 e. The number of carbonyl (C=O) groups excluding carboxylic acids is 2. The summed E-state index contributed by atoms with van der Waals surface area (Å²) < 4.78 is 0. The minimum absolute atomic E-state index is 0.0181. The fourth-order valence-corrected chi connectivity index (χ4v) is 2.22. The predicted molar refractivity (Wildman–Crippen MR) is 76.5 cm³/mol. The van der Waals surface area contributed by atoms with E-state index in [0.29, 0.717) is 39.3 Å². The van der Waals surface area contributed by atoms with E-state index in [1.54, 1.807) is 4.90 Å². The number of carboxylic acids is 1. The number of piperazine rings is 1. The van der Waals surface area contributed by atoms with Crippen molar-refractivity contribution in [3.05, 3.63) is 0 Å². The largest absolute Gasteiger partial charge is 0.481 e. The van der Waals surface area contributed by atoms with Crippen molar-refractivity contribution in [1.29, 1.82) is 0 Å². The maximum absolute atomic E-state index is 12.1. The van der Waals surface area contributed by atoms with Gasteiger partial charge in [-0.15, -0.1) is 0 Å². The molecule has 8 nitrogen and oxygen atoms in total. The topological polar surface area (TPSA) is 116 Å². The summed E-state index contributed by atoms with van der Waals surface area (Å²) in [6.45, 7) is 5.07. The molecule has 21 heavy (non-hydrogen) atoms. The molecule has 0 aromatic heterocycles. The van der Waals surface area contributed by atoms with E-state index in [4.69, 9.17) is 10.8 Å². The van der Waals surface area contributed by atoms with Crippen molar-refractivity contribution in [2.75, 3.05) is 39.3 Å². The van der Waals surface area contributed by atoms with Gasteiger partial charge in [0.25, 0.3) is 0 Å². The van der Waals surface area contributed by atoms with Crippen LogP contribution >= 0.6 is 0 Å². The maximum atomic E-state index is 12.1. The first-order valence-corrected chi connectivity index (χ1v) is 7.19. The predicted octanol–water partition coefficient (Wildman–Crippen LogP) is -1.54. The SMILES string of the molecule is CCNC(=O)CN1CCN(C(=O)C(N)CCC(=O)O)CC1. The van der Waals surface area contributed by atoms with Crippen molar-refractivity contribution < 1.29 is 19.5 Å². The van der Waals surface area contributed by atoms with Gasteiger partial charge < -0.3 is 21.1 Å². The Bertz CT molecular complexity index is 380. The first-order chi connectivity index (χ1) is 9.93. The number of nitrogens with two attached hydrogens (primary N) is 1. The Balaban J connectivity index is 2.33. The van der Waals surface area contributed by atoms with Gasteiger partial charge in [-0.05, 0) is 13.3 Å². The summed E-state index contributed by atoms with van der Waals surface area (Å²) in [4.78, 5) is 37.6. The third-order valence-corrected chi connectivity index (χ3v) is 3.41. The third-order valence-electron chi connectivity index (χ3n) is 3.41. The molecule has 8 heteroatoms. The van der Waals surface area contributed by atoms with E-state index in [2.05, 4.69) is 5.32 Å². The van der Waals surface area contributed by atoms with Crippen LogP contribution in [0.4, 0.5) is 0 Å². The molecule has 1 saturated heterocycles. The second-order valence-corrected chi connectivity index (χ2v) is 5.09. The molecular weight excluding hydrogens is 276 g/mol. The lowest BCUT2D eigenvalue weighted by Gasteiger charge is -2.35. The van der Waals surface area contributed by atoms with Crippen molar-refractivity contribution in [2.45, 2.75) is 25.8 Å². The van der Waals surface area contributed by atoms with Crippen LogP contribution in [0.3, 0.4) is 0 Å². The number of hydrogen-bond donors (Lipinski definition) is 3. The maximum Gasteiger partial charge on any atom is 0.303 e. The quantitative estimate of drug-likeness (QED) is 0.525. The van der Waals surface area contributed by atoms with Gasteiger partial charge in [0.15, 0.2) is 0 Å². The lowest BCUT2D eigenvalue weighted by Crippen LogP contribution is -2.54. The van der Waals surface area contributed by atoms with Gasteiger partial charge in [0.05, 0.1) is 12.6 Å². The van der Waals surface area contributed by atoms with Crippen molar-refractivity contribution >= 4 is 17.8 Å². The number of carboxylic acid groups (broad SMARTS) is 1. The van der Waals surface area contributed by atoms with Gasteiger partial charge in [-0.25, -0.2) is 0 Å². The highest BCUT2D eigenvalue weighted by Crippen LogP contribution is 2.06. The number of carbonyl (C=O) groups is 3. The fourth-order valence-electron chi connectivity index (χ4n) is 2.22. The van der Waals surface area contributed by atoms with E-state index in [0.717, 1.165) is 0 Å². The van der Waals surface area contributed by atoms with Crippen molar-refractivity contribution in [2.24, 2.45) is 5.73 Å². The number of aliphatic carboxylic acids is 1. The molecular formula is C13H24N4O4. The highest BCUT2D eigenvalue weighted by atomic mass is 16.4. The zero-order valence-corrected chi connectivity index (χ0v) is 12.4. The molecule has 1 atom stereocenters. The third kappa shape index (κ3) is 6.09. The summed E-state index contributed by atoms with van der Waals surface area (Å²) in [7, 11) is 0. The second-order valence-electron chi connectivity index (χ2n) is 5.09. The highest BCUT2D eigenvalue weighted by Gasteiger charge is 2.26. The van der Waals surface area contributed by atoms with Gasteiger partial charge in [-0.3, -0.25) is 19.3 Å². The molecule has 0 aromatic carbocycles.